The van der Waals surface area contributed by atoms with Crippen molar-refractivity contribution in [3.63, 3.8) is 0 Å². The van der Waals surface area contributed by atoms with Gasteiger partial charge in [-0.15, -0.1) is 0 Å². The second-order valence-electron chi connectivity index (χ2n) is 5.60. The number of hydrogen-bond donors (Lipinski definition) is 1. The van der Waals surface area contributed by atoms with E-state index in [0.717, 1.165) is 22.0 Å². The number of carbonyl (C=O) groups is 1. The van der Waals surface area contributed by atoms with Crippen LogP contribution in [0.25, 0.3) is 0 Å². The Hall–Kier alpha value is -1.56. The lowest BCUT2D eigenvalue weighted by molar-refractivity contribution is 0.0947. The van der Waals surface area contributed by atoms with Crippen LogP contribution in [0.4, 0.5) is 0 Å². The molecule has 0 aliphatic rings. The minimum Gasteiger partial charge on any atom is -0.489 e. The molecule has 1 N–H and O–H groups in total. The highest BCUT2D eigenvalue weighted by Crippen LogP contribution is 2.24. The molecule has 0 atom stereocenters. The molecule has 0 aliphatic heterocycles. The van der Waals surface area contributed by atoms with Gasteiger partial charge >= 0.3 is 0 Å². The first kappa shape index (κ1) is 19.8. The van der Waals surface area contributed by atoms with E-state index in [4.69, 9.17) is 21.1 Å². The van der Waals surface area contributed by atoms with Crippen LogP contribution in [0.5, 0.6) is 5.75 Å². The van der Waals surface area contributed by atoms with Gasteiger partial charge in [-0.25, -0.2) is 0 Å². The van der Waals surface area contributed by atoms with E-state index in [1.54, 1.807) is 13.2 Å². The fourth-order valence-corrected chi connectivity index (χ4v) is 3.05. The number of rotatable bonds is 8. The molecular weight excluding hydrogens is 406 g/mol. The molecule has 2 aromatic carbocycles. The number of benzene rings is 2. The number of hydrogen-bond acceptors (Lipinski definition) is 3. The zero-order valence-electron chi connectivity index (χ0n) is 14.3. The Balaban J connectivity index is 2.01. The van der Waals surface area contributed by atoms with Crippen LogP contribution in [0.3, 0.4) is 0 Å². The molecular formula is C19H21BrClNO3. The molecule has 0 bridgehead atoms. The largest absolute Gasteiger partial charge is 0.489 e. The topological polar surface area (TPSA) is 47.6 Å². The predicted octanol–water partition coefficient (Wildman–Crippen LogP) is 4.76. The molecule has 25 heavy (non-hydrogen) atoms. The Morgan fingerprint density at radius 3 is 2.76 bits per heavy atom. The van der Waals surface area contributed by atoms with Crippen molar-refractivity contribution in [3.05, 3.63) is 62.6 Å². The fraction of sp³-hybridized carbons (Fsp3) is 0.316. The molecule has 0 aliphatic carbocycles. The number of nitrogens with one attached hydrogen (secondary N) is 1. The lowest BCUT2D eigenvalue weighted by Crippen LogP contribution is -2.25. The van der Waals surface area contributed by atoms with Crippen LogP contribution >= 0.6 is 27.5 Å². The van der Waals surface area contributed by atoms with Crippen LogP contribution in [0.15, 0.2) is 40.9 Å². The van der Waals surface area contributed by atoms with Crippen LogP contribution in [0.1, 0.15) is 27.9 Å². The first-order valence-corrected chi connectivity index (χ1v) is 9.13. The summed E-state index contributed by atoms with van der Waals surface area (Å²) in [5, 5.41) is 3.56. The van der Waals surface area contributed by atoms with Crippen LogP contribution in [0, 0.1) is 6.92 Å². The minimum atomic E-state index is -0.105. The van der Waals surface area contributed by atoms with Gasteiger partial charge in [0.1, 0.15) is 12.4 Å². The third kappa shape index (κ3) is 6.03. The van der Waals surface area contributed by atoms with Gasteiger partial charge in [0, 0.05) is 40.9 Å². The Morgan fingerprint density at radius 1 is 1.24 bits per heavy atom. The highest BCUT2D eigenvalue weighted by molar-refractivity contribution is 9.10. The summed E-state index contributed by atoms with van der Waals surface area (Å²) in [6, 6.07) is 11.1. The zero-order valence-corrected chi connectivity index (χ0v) is 16.6. The standard InChI is InChI=1S/C19H21BrClNO3/c1-13-4-7-16(11-17(13)19(23)22-8-3-9-24-2)25-12-14-5-6-15(21)10-18(14)20/h4-7,10-11H,3,8-9,12H2,1-2H3,(H,22,23). The SMILES string of the molecule is COCCCNC(=O)c1cc(OCc2ccc(Cl)cc2Br)ccc1C. The fourth-order valence-electron chi connectivity index (χ4n) is 2.25. The lowest BCUT2D eigenvalue weighted by Gasteiger charge is -2.12. The smallest absolute Gasteiger partial charge is 0.251 e. The molecule has 2 rings (SSSR count). The van der Waals surface area contributed by atoms with Gasteiger partial charge in [-0.05, 0) is 43.2 Å². The van der Waals surface area contributed by atoms with E-state index in [0.29, 0.717) is 36.1 Å². The van der Waals surface area contributed by atoms with E-state index in [1.165, 1.54) is 0 Å². The predicted molar refractivity (Wildman–Crippen MR) is 103 cm³/mol. The third-order valence-corrected chi connectivity index (χ3v) is 4.65. The highest BCUT2D eigenvalue weighted by Gasteiger charge is 2.10. The van der Waals surface area contributed by atoms with Crippen LogP contribution in [0.2, 0.25) is 5.02 Å². The van der Waals surface area contributed by atoms with Crippen molar-refractivity contribution < 1.29 is 14.3 Å². The maximum atomic E-state index is 12.3. The Morgan fingerprint density at radius 2 is 2.04 bits per heavy atom. The van der Waals surface area contributed by atoms with E-state index >= 15 is 0 Å². The van der Waals surface area contributed by atoms with Crippen molar-refractivity contribution in [3.8, 4) is 5.75 Å². The first-order valence-electron chi connectivity index (χ1n) is 7.95. The summed E-state index contributed by atoms with van der Waals surface area (Å²) in [7, 11) is 1.64. The van der Waals surface area contributed by atoms with E-state index in [-0.39, 0.29) is 5.91 Å². The van der Waals surface area contributed by atoms with E-state index < -0.39 is 0 Å². The first-order chi connectivity index (χ1) is 12.0. The second kappa shape index (κ2) is 9.80. The molecule has 0 aromatic heterocycles. The number of methoxy groups -OCH3 is 1. The van der Waals surface area contributed by atoms with Gasteiger partial charge in [-0.1, -0.05) is 39.7 Å². The second-order valence-corrected chi connectivity index (χ2v) is 6.89. The Kier molecular flexibility index (Phi) is 7.75. The molecule has 1 amide bonds. The average Bonchev–Trinajstić information content (AvgIpc) is 2.59. The zero-order chi connectivity index (χ0) is 18.2. The Bertz CT molecular complexity index is 737. The lowest BCUT2D eigenvalue weighted by atomic mass is 10.1. The van der Waals surface area contributed by atoms with Gasteiger partial charge in [0.2, 0.25) is 0 Å². The summed E-state index contributed by atoms with van der Waals surface area (Å²) in [5.41, 5.74) is 2.50. The normalized spacial score (nSPS) is 10.6. The van der Waals surface area contributed by atoms with Gasteiger partial charge < -0.3 is 14.8 Å². The number of amides is 1. The summed E-state index contributed by atoms with van der Waals surface area (Å²) in [6.07, 6.45) is 0.780. The molecule has 0 saturated heterocycles. The number of carbonyl (C=O) groups excluding carboxylic acids is 1. The molecule has 0 heterocycles. The van der Waals surface area contributed by atoms with Gasteiger partial charge in [0.15, 0.2) is 0 Å². The summed E-state index contributed by atoms with van der Waals surface area (Å²) in [6.45, 7) is 3.49. The summed E-state index contributed by atoms with van der Waals surface area (Å²) < 4.78 is 11.7. The van der Waals surface area contributed by atoms with Crippen molar-refractivity contribution >= 4 is 33.4 Å². The molecule has 4 nitrogen and oxygen atoms in total. The van der Waals surface area contributed by atoms with Crippen molar-refractivity contribution in [2.75, 3.05) is 20.3 Å². The quantitative estimate of drug-likeness (QED) is 0.619. The average molecular weight is 427 g/mol. The Labute approximate surface area is 161 Å². The van der Waals surface area contributed by atoms with Gasteiger partial charge in [0.25, 0.3) is 5.91 Å². The molecule has 0 unspecified atom stereocenters. The summed E-state index contributed by atoms with van der Waals surface area (Å²) in [4.78, 5) is 12.3. The molecule has 0 radical (unpaired) electrons. The minimum absolute atomic E-state index is 0.105. The van der Waals surface area contributed by atoms with E-state index in [1.807, 2.05) is 37.3 Å². The van der Waals surface area contributed by atoms with Crippen molar-refractivity contribution in [2.24, 2.45) is 0 Å². The van der Waals surface area contributed by atoms with Crippen LogP contribution in [-0.4, -0.2) is 26.2 Å². The van der Waals surface area contributed by atoms with Crippen molar-refractivity contribution in [1.29, 1.82) is 0 Å². The van der Waals surface area contributed by atoms with E-state index in [2.05, 4.69) is 21.2 Å². The van der Waals surface area contributed by atoms with Crippen LogP contribution < -0.4 is 10.1 Å². The molecule has 134 valence electrons. The van der Waals surface area contributed by atoms with Gasteiger partial charge in [-0.2, -0.15) is 0 Å². The molecule has 2 aromatic rings. The number of ether oxygens (including phenoxy) is 2. The summed E-state index contributed by atoms with van der Waals surface area (Å²) >= 11 is 9.42. The van der Waals surface area contributed by atoms with Crippen LogP contribution in [-0.2, 0) is 11.3 Å². The highest BCUT2D eigenvalue weighted by atomic mass is 79.9. The molecule has 0 saturated carbocycles. The van der Waals surface area contributed by atoms with Gasteiger partial charge in [-0.3, -0.25) is 4.79 Å². The maximum absolute atomic E-state index is 12.3. The third-order valence-electron chi connectivity index (χ3n) is 3.67. The molecule has 0 fully saturated rings. The van der Waals surface area contributed by atoms with E-state index in [9.17, 15) is 4.79 Å². The number of aryl methyl sites for hydroxylation is 1. The van der Waals surface area contributed by atoms with Crippen molar-refractivity contribution in [2.45, 2.75) is 20.0 Å². The summed E-state index contributed by atoms with van der Waals surface area (Å²) in [5.74, 6) is 0.543. The monoisotopic (exact) mass is 425 g/mol. The molecule has 0 spiro atoms. The number of halogens is 2. The van der Waals surface area contributed by atoms with Gasteiger partial charge in [0.05, 0.1) is 0 Å². The van der Waals surface area contributed by atoms with Crippen molar-refractivity contribution in [1.82, 2.24) is 5.32 Å². The molecule has 6 heteroatoms. The maximum Gasteiger partial charge on any atom is 0.251 e.